The largest absolute Gasteiger partial charge is 0.351 e. The molecule has 4 aromatic rings. The van der Waals surface area contributed by atoms with Gasteiger partial charge in [-0.05, 0) is 111 Å². The molecule has 196 valence electrons. The standard InChI is InChI=1S/C29H31N5O2S2/c1-18-14-19(2)16-24(15-18)33-20(3)17-25(21(33)4)28-27(26-8-6-7-13-30-26)31-29(37)34(28)23-11-9-22(10-12-23)32-38(5,35)36/h6-17,27-28,32H,1-5H3,(H,31,37)/t27-,28-/m1/s1. The lowest BCUT2D eigenvalue weighted by atomic mass is 9.96. The molecule has 2 aromatic heterocycles. The number of benzene rings is 2. The van der Waals surface area contributed by atoms with Crippen molar-refractivity contribution in [3.05, 3.63) is 107 Å². The molecule has 0 unspecified atom stereocenters. The maximum Gasteiger partial charge on any atom is 0.229 e. The van der Waals surface area contributed by atoms with Gasteiger partial charge >= 0.3 is 0 Å². The van der Waals surface area contributed by atoms with Gasteiger partial charge < -0.3 is 14.8 Å². The minimum atomic E-state index is -3.37. The molecule has 0 aliphatic carbocycles. The second kappa shape index (κ2) is 9.89. The number of aryl methyl sites for hydroxylation is 3. The van der Waals surface area contributed by atoms with Gasteiger partial charge in [-0.2, -0.15) is 0 Å². The number of rotatable bonds is 6. The smallest absolute Gasteiger partial charge is 0.229 e. The molecule has 2 N–H and O–H groups in total. The summed E-state index contributed by atoms with van der Waals surface area (Å²) in [6.07, 6.45) is 2.93. The van der Waals surface area contributed by atoms with E-state index in [0.717, 1.165) is 40.3 Å². The molecule has 7 nitrogen and oxygen atoms in total. The third kappa shape index (κ3) is 5.04. The minimum Gasteiger partial charge on any atom is -0.351 e. The molecule has 0 saturated carbocycles. The fourth-order valence-electron chi connectivity index (χ4n) is 5.42. The van der Waals surface area contributed by atoms with Crippen LogP contribution in [-0.4, -0.2) is 29.3 Å². The SMILES string of the molecule is Cc1cc(C)cc(-n2c(C)cc([C@@H]3[C@@H](c4ccccn4)NC(=S)N3c3ccc(NS(C)(=O)=O)cc3)c2C)c1. The van der Waals surface area contributed by atoms with Crippen LogP contribution in [-0.2, 0) is 10.0 Å². The fourth-order valence-corrected chi connectivity index (χ4v) is 6.33. The van der Waals surface area contributed by atoms with Gasteiger partial charge in [-0.25, -0.2) is 8.42 Å². The molecule has 2 aromatic carbocycles. The van der Waals surface area contributed by atoms with E-state index in [1.165, 1.54) is 11.1 Å². The first-order valence-electron chi connectivity index (χ1n) is 12.4. The van der Waals surface area contributed by atoms with Crippen molar-refractivity contribution < 1.29 is 8.42 Å². The van der Waals surface area contributed by atoms with E-state index in [-0.39, 0.29) is 12.1 Å². The first kappa shape index (κ1) is 25.9. The lowest BCUT2D eigenvalue weighted by Gasteiger charge is -2.28. The van der Waals surface area contributed by atoms with Gasteiger partial charge in [0.2, 0.25) is 10.0 Å². The predicted octanol–water partition coefficient (Wildman–Crippen LogP) is 5.65. The van der Waals surface area contributed by atoms with E-state index < -0.39 is 10.0 Å². The summed E-state index contributed by atoms with van der Waals surface area (Å²) in [5, 5.41) is 4.10. The lowest BCUT2D eigenvalue weighted by molar-refractivity contribution is 0.565. The van der Waals surface area contributed by atoms with Crippen LogP contribution in [0.25, 0.3) is 5.69 Å². The number of thiocarbonyl (C=S) groups is 1. The molecule has 1 saturated heterocycles. The van der Waals surface area contributed by atoms with Crippen molar-refractivity contribution in [3.8, 4) is 5.69 Å². The van der Waals surface area contributed by atoms with Gasteiger partial charge in [0, 0.05) is 34.6 Å². The third-order valence-electron chi connectivity index (χ3n) is 6.80. The van der Waals surface area contributed by atoms with Crippen molar-refractivity contribution in [1.82, 2.24) is 14.9 Å². The number of hydrogen-bond acceptors (Lipinski definition) is 4. The Balaban J connectivity index is 1.64. The topological polar surface area (TPSA) is 79.3 Å². The van der Waals surface area contributed by atoms with Crippen molar-refractivity contribution in [2.45, 2.75) is 39.8 Å². The van der Waals surface area contributed by atoms with E-state index in [1.807, 2.05) is 30.3 Å². The van der Waals surface area contributed by atoms with Crippen molar-refractivity contribution >= 4 is 38.7 Å². The zero-order chi connectivity index (χ0) is 27.2. The summed E-state index contributed by atoms with van der Waals surface area (Å²) in [5.41, 5.74) is 9.23. The normalized spacial score (nSPS) is 17.5. The Morgan fingerprint density at radius 1 is 0.921 bits per heavy atom. The summed E-state index contributed by atoms with van der Waals surface area (Å²) in [7, 11) is -3.37. The van der Waals surface area contributed by atoms with Crippen molar-refractivity contribution in [2.24, 2.45) is 0 Å². The molecular weight excluding hydrogens is 514 g/mol. The first-order chi connectivity index (χ1) is 18.0. The van der Waals surface area contributed by atoms with Crippen LogP contribution < -0.4 is 14.9 Å². The van der Waals surface area contributed by atoms with Crippen LogP contribution >= 0.6 is 12.2 Å². The number of nitrogens with zero attached hydrogens (tertiary/aromatic N) is 3. The van der Waals surface area contributed by atoms with Crippen LogP contribution in [0.15, 0.2) is 72.9 Å². The van der Waals surface area contributed by atoms with Crippen LogP contribution in [0.4, 0.5) is 11.4 Å². The molecule has 1 aliphatic heterocycles. The molecule has 1 aliphatic rings. The van der Waals surface area contributed by atoms with E-state index in [2.05, 4.69) is 76.5 Å². The van der Waals surface area contributed by atoms with Gasteiger partial charge in [-0.3, -0.25) is 9.71 Å². The molecule has 2 atom stereocenters. The van der Waals surface area contributed by atoms with Crippen LogP contribution in [0, 0.1) is 27.7 Å². The number of hydrogen-bond donors (Lipinski definition) is 2. The highest BCUT2D eigenvalue weighted by atomic mass is 32.2. The van der Waals surface area contributed by atoms with E-state index in [1.54, 1.807) is 18.3 Å². The highest BCUT2D eigenvalue weighted by Crippen LogP contribution is 2.44. The van der Waals surface area contributed by atoms with Crippen molar-refractivity contribution in [3.63, 3.8) is 0 Å². The second-order valence-electron chi connectivity index (χ2n) is 9.93. The van der Waals surface area contributed by atoms with E-state index in [9.17, 15) is 8.42 Å². The first-order valence-corrected chi connectivity index (χ1v) is 14.7. The molecule has 0 bridgehead atoms. The van der Waals surface area contributed by atoms with Crippen LogP contribution in [0.1, 0.15) is 45.9 Å². The van der Waals surface area contributed by atoms with Gasteiger partial charge in [0.05, 0.1) is 24.0 Å². The molecular formula is C29H31N5O2S2. The predicted molar refractivity (Wildman–Crippen MR) is 158 cm³/mol. The monoisotopic (exact) mass is 545 g/mol. The summed E-state index contributed by atoms with van der Waals surface area (Å²) < 4.78 is 28.2. The maximum atomic E-state index is 11.7. The fraction of sp³-hybridized carbons (Fsp3) is 0.241. The summed E-state index contributed by atoms with van der Waals surface area (Å²) in [6, 6.07) is 21.7. The molecule has 5 rings (SSSR count). The summed E-state index contributed by atoms with van der Waals surface area (Å²) >= 11 is 5.88. The number of pyridine rings is 1. The number of nitrogens with one attached hydrogen (secondary N) is 2. The maximum absolute atomic E-state index is 11.7. The Hall–Kier alpha value is -3.69. The lowest BCUT2D eigenvalue weighted by Crippen LogP contribution is -2.29. The second-order valence-corrected chi connectivity index (χ2v) is 12.1. The zero-order valence-electron chi connectivity index (χ0n) is 22.1. The quantitative estimate of drug-likeness (QED) is 0.305. The Kier molecular flexibility index (Phi) is 6.75. The van der Waals surface area contributed by atoms with E-state index in [0.29, 0.717) is 10.8 Å². The molecule has 0 spiro atoms. The van der Waals surface area contributed by atoms with Crippen molar-refractivity contribution in [2.75, 3.05) is 15.9 Å². The van der Waals surface area contributed by atoms with Gasteiger partial charge in [-0.1, -0.05) is 12.1 Å². The molecule has 1 fully saturated rings. The average Bonchev–Trinajstić information content (AvgIpc) is 3.33. The molecule has 0 radical (unpaired) electrons. The van der Waals surface area contributed by atoms with Crippen LogP contribution in [0.2, 0.25) is 0 Å². The van der Waals surface area contributed by atoms with Crippen LogP contribution in [0.5, 0.6) is 0 Å². The summed E-state index contributed by atoms with van der Waals surface area (Å²) in [6.45, 7) is 8.51. The number of aromatic nitrogens is 2. The highest BCUT2D eigenvalue weighted by molar-refractivity contribution is 7.92. The number of sulfonamides is 1. The molecule has 9 heteroatoms. The molecule has 38 heavy (non-hydrogen) atoms. The van der Waals surface area contributed by atoms with Gasteiger partial charge in [0.25, 0.3) is 0 Å². The van der Waals surface area contributed by atoms with E-state index >= 15 is 0 Å². The summed E-state index contributed by atoms with van der Waals surface area (Å²) in [5.74, 6) is 0. The Bertz CT molecular complexity index is 1590. The minimum absolute atomic E-state index is 0.169. The Morgan fingerprint density at radius 3 is 2.21 bits per heavy atom. The van der Waals surface area contributed by atoms with Gasteiger partial charge in [0.1, 0.15) is 0 Å². The van der Waals surface area contributed by atoms with Gasteiger partial charge in [0.15, 0.2) is 5.11 Å². The Morgan fingerprint density at radius 2 is 1.61 bits per heavy atom. The van der Waals surface area contributed by atoms with Gasteiger partial charge in [-0.15, -0.1) is 0 Å². The van der Waals surface area contributed by atoms with Crippen LogP contribution in [0.3, 0.4) is 0 Å². The van der Waals surface area contributed by atoms with Crippen molar-refractivity contribution in [1.29, 1.82) is 0 Å². The average molecular weight is 546 g/mol. The Labute approximate surface area is 229 Å². The molecule has 0 amide bonds. The molecule has 3 heterocycles. The summed E-state index contributed by atoms with van der Waals surface area (Å²) in [4.78, 5) is 6.77. The highest BCUT2D eigenvalue weighted by Gasteiger charge is 2.42. The zero-order valence-corrected chi connectivity index (χ0v) is 23.7. The number of anilines is 2. The van der Waals surface area contributed by atoms with E-state index in [4.69, 9.17) is 12.2 Å². The third-order valence-corrected chi connectivity index (χ3v) is 7.72.